The van der Waals surface area contributed by atoms with Gasteiger partial charge in [-0.25, -0.2) is 0 Å². The quantitative estimate of drug-likeness (QED) is 0.900. The van der Waals surface area contributed by atoms with Gasteiger partial charge in [0.1, 0.15) is 5.69 Å². The molecule has 2 aromatic heterocycles. The Morgan fingerprint density at radius 3 is 2.58 bits per heavy atom. The molecule has 2 N–H and O–H groups in total. The molecule has 0 spiro atoms. The molecule has 0 bridgehead atoms. The molecule has 0 aromatic carbocycles. The van der Waals surface area contributed by atoms with Gasteiger partial charge in [-0.2, -0.15) is 10.2 Å². The molecular weight excluding hydrogens is 302 g/mol. The summed E-state index contributed by atoms with van der Waals surface area (Å²) in [6, 6.07) is 3.82. The Hall–Kier alpha value is -2.11. The summed E-state index contributed by atoms with van der Waals surface area (Å²) in [5.41, 5.74) is 2.49. The topological polar surface area (TPSA) is 75.6 Å². The van der Waals surface area contributed by atoms with Gasteiger partial charge in [0.2, 0.25) is 0 Å². The fourth-order valence-electron chi connectivity index (χ4n) is 3.25. The fourth-order valence-corrected chi connectivity index (χ4v) is 3.25. The summed E-state index contributed by atoms with van der Waals surface area (Å²) in [5.74, 6) is 0.947. The largest absolute Gasteiger partial charge is 0.304 e. The van der Waals surface area contributed by atoms with E-state index in [4.69, 9.17) is 0 Å². The molecule has 1 fully saturated rings. The number of aryl methyl sites for hydroxylation is 1. The van der Waals surface area contributed by atoms with Gasteiger partial charge < -0.3 is 5.32 Å². The molecule has 1 amide bonds. The van der Waals surface area contributed by atoms with E-state index in [1.807, 2.05) is 12.1 Å². The molecule has 6 nitrogen and oxygen atoms in total. The number of aromatic nitrogens is 4. The number of hydrogen-bond acceptors (Lipinski definition) is 3. The summed E-state index contributed by atoms with van der Waals surface area (Å²) in [4.78, 5) is 12.5. The molecule has 0 unspecified atom stereocenters. The average molecular weight is 329 g/mol. The summed E-state index contributed by atoms with van der Waals surface area (Å²) < 4.78 is 1.63. The monoisotopic (exact) mass is 329 g/mol. The maximum absolute atomic E-state index is 12.5. The number of carbonyl (C=O) groups excluding carboxylic acids is 1. The molecule has 130 valence electrons. The lowest BCUT2D eigenvalue weighted by Gasteiger charge is -2.19. The smallest absolute Gasteiger partial charge is 0.275 e. The molecule has 0 saturated heterocycles. The Labute approximate surface area is 143 Å². The molecule has 24 heavy (non-hydrogen) atoms. The van der Waals surface area contributed by atoms with Crippen LogP contribution in [0.2, 0.25) is 0 Å². The standard InChI is InChI=1S/C18H27N5O/c1-18(2,3)15-11-14(23(4)22-15)17(24)19-16-10-13(20-21-16)12-8-6-5-7-9-12/h10-12H,5-9H2,1-4H3,(H2,19,20,21,24). The average Bonchev–Trinajstić information content (AvgIpc) is 3.14. The fraction of sp³-hybridized carbons (Fsp3) is 0.611. The lowest BCUT2D eigenvalue weighted by molar-refractivity contribution is 0.101. The zero-order valence-corrected chi connectivity index (χ0v) is 15.0. The van der Waals surface area contributed by atoms with Crippen molar-refractivity contribution in [3.05, 3.63) is 29.2 Å². The molecular formula is C18H27N5O. The first-order chi connectivity index (χ1) is 11.3. The summed E-state index contributed by atoms with van der Waals surface area (Å²) in [5, 5.41) is 14.7. The maximum Gasteiger partial charge on any atom is 0.275 e. The van der Waals surface area contributed by atoms with Crippen molar-refractivity contribution in [3.63, 3.8) is 0 Å². The highest BCUT2D eigenvalue weighted by Crippen LogP contribution is 2.32. The predicted molar refractivity (Wildman–Crippen MR) is 94.3 cm³/mol. The van der Waals surface area contributed by atoms with Gasteiger partial charge in [0.25, 0.3) is 5.91 Å². The van der Waals surface area contributed by atoms with Crippen LogP contribution in [0.25, 0.3) is 0 Å². The van der Waals surface area contributed by atoms with E-state index in [9.17, 15) is 4.79 Å². The zero-order valence-electron chi connectivity index (χ0n) is 15.0. The summed E-state index contributed by atoms with van der Waals surface area (Å²) in [7, 11) is 1.79. The summed E-state index contributed by atoms with van der Waals surface area (Å²) in [6.07, 6.45) is 6.27. The van der Waals surface area contributed by atoms with Crippen molar-refractivity contribution in [2.45, 2.75) is 64.2 Å². The van der Waals surface area contributed by atoms with Crippen molar-refractivity contribution in [2.24, 2.45) is 7.05 Å². The van der Waals surface area contributed by atoms with E-state index in [1.54, 1.807) is 11.7 Å². The Kier molecular flexibility index (Phi) is 4.47. The van der Waals surface area contributed by atoms with E-state index in [2.05, 4.69) is 41.4 Å². The van der Waals surface area contributed by atoms with Crippen LogP contribution in [0.4, 0.5) is 5.82 Å². The molecule has 3 rings (SSSR count). The Bertz CT molecular complexity index is 716. The van der Waals surface area contributed by atoms with Gasteiger partial charge in [0.05, 0.1) is 5.69 Å². The minimum atomic E-state index is -0.179. The first-order valence-corrected chi connectivity index (χ1v) is 8.76. The third-order valence-corrected chi connectivity index (χ3v) is 4.77. The van der Waals surface area contributed by atoms with Crippen LogP contribution in [0, 0.1) is 0 Å². The molecule has 0 aliphatic heterocycles. The van der Waals surface area contributed by atoms with Crippen molar-refractivity contribution in [1.29, 1.82) is 0 Å². The van der Waals surface area contributed by atoms with E-state index in [0.717, 1.165) is 11.4 Å². The number of rotatable bonds is 3. The van der Waals surface area contributed by atoms with Crippen LogP contribution in [-0.4, -0.2) is 25.9 Å². The van der Waals surface area contributed by atoms with Crippen LogP contribution >= 0.6 is 0 Å². The molecule has 2 aromatic rings. The van der Waals surface area contributed by atoms with Gasteiger partial charge in [-0.15, -0.1) is 0 Å². The van der Waals surface area contributed by atoms with Crippen LogP contribution in [-0.2, 0) is 12.5 Å². The molecule has 0 atom stereocenters. The number of nitrogens with zero attached hydrogens (tertiary/aromatic N) is 3. The zero-order chi connectivity index (χ0) is 17.3. The molecule has 1 saturated carbocycles. The highest BCUT2D eigenvalue weighted by molar-refractivity contribution is 6.02. The van der Waals surface area contributed by atoms with E-state index in [-0.39, 0.29) is 11.3 Å². The number of anilines is 1. The number of carbonyl (C=O) groups is 1. The van der Waals surface area contributed by atoms with Crippen LogP contribution < -0.4 is 5.32 Å². The van der Waals surface area contributed by atoms with Crippen molar-refractivity contribution >= 4 is 11.7 Å². The molecule has 6 heteroatoms. The minimum Gasteiger partial charge on any atom is -0.304 e. The van der Waals surface area contributed by atoms with Gasteiger partial charge in [0.15, 0.2) is 5.82 Å². The molecule has 1 aliphatic carbocycles. The van der Waals surface area contributed by atoms with E-state index < -0.39 is 0 Å². The Morgan fingerprint density at radius 2 is 1.96 bits per heavy atom. The summed E-state index contributed by atoms with van der Waals surface area (Å²) >= 11 is 0. The number of hydrogen-bond donors (Lipinski definition) is 2. The van der Waals surface area contributed by atoms with Crippen LogP contribution in [0.3, 0.4) is 0 Å². The van der Waals surface area contributed by atoms with Crippen molar-refractivity contribution < 1.29 is 4.79 Å². The highest BCUT2D eigenvalue weighted by Gasteiger charge is 2.23. The van der Waals surface area contributed by atoms with Crippen molar-refractivity contribution in [1.82, 2.24) is 20.0 Å². The number of H-pyrrole nitrogens is 1. The lowest BCUT2D eigenvalue weighted by atomic mass is 9.87. The van der Waals surface area contributed by atoms with Gasteiger partial charge in [-0.1, -0.05) is 40.0 Å². The first-order valence-electron chi connectivity index (χ1n) is 8.76. The number of amides is 1. The second-order valence-corrected chi connectivity index (χ2v) is 7.79. The molecule has 2 heterocycles. The van der Waals surface area contributed by atoms with Gasteiger partial charge in [0, 0.05) is 30.1 Å². The van der Waals surface area contributed by atoms with E-state index in [0.29, 0.717) is 17.4 Å². The highest BCUT2D eigenvalue weighted by atomic mass is 16.2. The predicted octanol–water partition coefficient (Wildman–Crippen LogP) is 3.74. The summed E-state index contributed by atoms with van der Waals surface area (Å²) in [6.45, 7) is 6.25. The molecule has 1 aliphatic rings. The normalized spacial score (nSPS) is 16.3. The second kappa shape index (κ2) is 6.42. The SMILES string of the molecule is Cn1nc(C(C)(C)C)cc1C(=O)Nc1cc(C2CCCCC2)[nH]n1. The Morgan fingerprint density at radius 1 is 1.25 bits per heavy atom. The van der Waals surface area contributed by atoms with Crippen molar-refractivity contribution in [3.8, 4) is 0 Å². The minimum absolute atomic E-state index is 0.0865. The first kappa shape index (κ1) is 16.7. The van der Waals surface area contributed by atoms with E-state index >= 15 is 0 Å². The molecule has 0 radical (unpaired) electrons. The van der Waals surface area contributed by atoms with Crippen LogP contribution in [0.15, 0.2) is 12.1 Å². The van der Waals surface area contributed by atoms with Gasteiger partial charge in [-0.3, -0.25) is 14.6 Å². The number of aromatic amines is 1. The third kappa shape index (κ3) is 3.52. The van der Waals surface area contributed by atoms with Crippen LogP contribution in [0.5, 0.6) is 0 Å². The van der Waals surface area contributed by atoms with E-state index in [1.165, 1.54) is 32.1 Å². The lowest BCUT2D eigenvalue weighted by Crippen LogP contribution is -2.16. The van der Waals surface area contributed by atoms with Crippen LogP contribution in [0.1, 0.15) is 80.7 Å². The Balaban J connectivity index is 1.71. The number of nitrogens with one attached hydrogen (secondary N) is 2. The van der Waals surface area contributed by atoms with Gasteiger partial charge in [-0.05, 0) is 18.9 Å². The second-order valence-electron chi connectivity index (χ2n) is 7.79. The third-order valence-electron chi connectivity index (χ3n) is 4.77. The van der Waals surface area contributed by atoms with Gasteiger partial charge >= 0.3 is 0 Å². The maximum atomic E-state index is 12.5. The van der Waals surface area contributed by atoms with Crippen molar-refractivity contribution in [2.75, 3.05) is 5.32 Å².